The van der Waals surface area contributed by atoms with Crippen molar-refractivity contribution in [2.45, 2.75) is 19.5 Å². The molecule has 35 heavy (non-hydrogen) atoms. The predicted molar refractivity (Wildman–Crippen MR) is 142 cm³/mol. The van der Waals surface area contributed by atoms with Gasteiger partial charge >= 0.3 is 0 Å². The summed E-state index contributed by atoms with van der Waals surface area (Å²) in [6.45, 7) is 6.93. The first kappa shape index (κ1) is 19.9. The molecule has 0 aliphatic carbocycles. The van der Waals surface area contributed by atoms with Crippen molar-refractivity contribution in [2.24, 2.45) is 11.8 Å². The SMILES string of the molecule is c1ccc2c(c1)-n1cc(c3ccccc31)CN1CC3CC(C1)CN(Cc1cn-2c2ccccc12)C3. The molecule has 4 nitrogen and oxygen atoms in total. The predicted octanol–water partition coefficient (Wildman–Crippen LogP) is 5.84. The number of piperidine rings is 2. The Kier molecular flexibility index (Phi) is 4.31. The Bertz CT molecular complexity index is 1440. The average molecular weight is 459 g/mol. The second-order valence-corrected chi connectivity index (χ2v) is 10.9. The molecule has 0 atom stereocenters. The van der Waals surface area contributed by atoms with E-state index < -0.39 is 0 Å². The van der Waals surface area contributed by atoms with Crippen LogP contribution in [0.15, 0.2) is 85.2 Å². The average Bonchev–Trinajstić information content (AvgIpc) is 3.42. The molecule has 9 rings (SSSR count). The molecule has 0 spiro atoms. The van der Waals surface area contributed by atoms with Gasteiger partial charge in [0, 0.05) is 62.4 Å². The van der Waals surface area contributed by atoms with Crippen molar-refractivity contribution < 1.29 is 0 Å². The van der Waals surface area contributed by atoms with Crippen LogP contribution in [0.2, 0.25) is 0 Å². The van der Waals surface area contributed by atoms with Gasteiger partial charge in [0.25, 0.3) is 0 Å². The van der Waals surface area contributed by atoms with Crippen LogP contribution in [0.1, 0.15) is 17.5 Å². The fourth-order valence-corrected chi connectivity index (χ4v) is 7.26. The van der Waals surface area contributed by atoms with Crippen molar-refractivity contribution in [1.29, 1.82) is 0 Å². The largest absolute Gasteiger partial charge is 0.314 e. The lowest BCUT2D eigenvalue weighted by Crippen LogP contribution is -2.52. The maximum atomic E-state index is 2.73. The summed E-state index contributed by atoms with van der Waals surface area (Å²) in [5.41, 5.74) is 7.95. The molecule has 4 aliphatic heterocycles. The Morgan fingerprint density at radius 3 is 1.43 bits per heavy atom. The van der Waals surface area contributed by atoms with Gasteiger partial charge in [-0.15, -0.1) is 0 Å². The molecule has 5 aromatic rings. The van der Waals surface area contributed by atoms with E-state index in [1.807, 2.05) is 0 Å². The van der Waals surface area contributed by atoms with Crippen LogP contribution < -0.4 is 0 Å². The first-order valence-electron chi connectivity index (χ1n) is 13.0. The fraction of sp³-hybridized carbons (Fsp3) is 0.290. The lowest BCUT2D eigenvalue weighted by Gasteiger charge is -2.46. The molecule has 174 valence electrons. The molecule has 0 saturated carbocycles. The number of hydrogen-bond donors (Lipinski definition) is 0. The molecule has 2 fully saturated rings. The van der Waals surface area contributed by atoms with Crippen molar-refractivity contribution in [3.8, 4) is 11.4 Å². The summed E-state index contributed by atoms with van der Waals surface area (Å²) in [6.07, 6.45) is 6.21. The number of aromatic nitrogens is 2. The van der Waals surface area contributed by atoms with Crippen LogP contribution in [-0.2, 0) is 13.1 Å². The van der Waals surface area contributed by atoms with E-state index in [0.29, 0.717) is 0 Å². The quantitative estimate of drug-likeness (QED) is 0.290. The second-order valence-electron chi connectivity index (χ2n) is 10.9. The Hall–Kier alpha value is -3.34. The van der Waals surface area contributed by atoms with Crippen LogP contribution in [0, 0.1) is 11.8 Å². The smallest absolute Gasteiger partial charge is 0.0697 e. The van der Waals surface area contributed by atoms with Gasteiger partial charge in [-0.25, -0.2) is 0 Å². The van der Waals surface area contributed by atoms with Gasteiger partial charge in [-0.2, -0.15) is 0 Å². The Morgan fingerprint density at radius 2 is 0.943 bits per heavy atom. The van der Waals surface area contributed by atoms with Crippen LogP contribution in [0.4, 0.5) is 0 Å². The minimum absolute atomic E-state index is 0.770. The standard InChI is InChI=1S/C31H30N4/c1-3-9-28-26(7-1)24-18-32-14-22-13-23(15-32)17-33(16-22)19-25-21-35(29-10-4-2-8-27(25)29)31-12-6-5-11-30(31)34(28)20-24/h1-12,20-23H,13-19H2. The van der Waals surface area contributed by atoms with E-state index in [2.05, 4.69) is 104 Å². The number of para-hydroxylation sites is 4. The first-order valence-corrected chi connectivity index (χ1v) is 13.0. The molecule has 0 radical (unpaired) electrons. The van der Waals surface area contributed by atoms with Crippen molar-refractivity contribution in [3.63, 3.8) is 0 Å². The maximum absolute atomic E-state index is 2.73. The zero-order valence-corrected chi connectivity index (χ0v) is 20.0. The highest BCUT2D eigenvalue weighted by molar-refractivity contribution is 5.88. The van der Waals surface area contributed by atoms with E-state index in [1.54, 1.807) is 0 Å². The van der Waals surface area contributed by atoms with Crippen LogP contribution in [-0.4, -0.2) is 45.1 Å². The Morgan fingerprint density at radius 1 is 0.514 bits per heavy atom. The summed E-state index contributed by atoms with van der Waals surface area (Å²) in [4.78, 5) is 5.47. The van der Waals surface area contributed by atoms with E-state index >= 15 is 0 Å². The third kappa shape index (κ3) is 3.13. The molecule has 4 aliphatic rings. The molecule has 2 aromatic heterocycles. The Labute approximate surface area is 206 Å². The number of rotatable bonds is 0. The lowest BCUT2D eigenvalue weighted by molar-refractivity contribution is 0.0245. The zero-order valence-electron chi connectivity index (χ0n) is 20.0. The zero-order chi connectivity index (χ0) is 22.9. The fourth-order valence-electron chi connectivity index (χ4n) is 7.26. The van der Waals surface area contributed by atoms with Crippen molar-refractivity contribution in [3.05, 3.63) is 96.3 Å². The minimum atomic E-state index is 0.770. The van der Waals surface area contributed by atoms with Gasteiger partial charge in [-0.3, -0.25) is 9.80 Å². The number of benzene rings is 3. The van der Waals surface area contributed by atoms with Gasteiger partial charge in [0.2, 0.25) is 0 Å². The monoisotopic (exact) mass is 458 g/mol. The highest BCUT2D eigenvalue weighted by Gasteiger charge is 2.35. The van der Waals surface area contributed by atoms with Gasteiger partial charge < -0.3 is 9.13 Å². The second kappa shape index (κ2) is 7.58. The van der Waals surface area contributed by atoms with Crippen LogP contribution in [0.3, 0.4) is 0 Å². The lowest BCUT2D eigenvalue weighted by atomic mass is 9.84. The summed E-state index contributed by atoms with van der Waals surface area (Å²) < 4.78 is 4.86. The van der Waals surface area contributed by atoms with Gasteiger partial charge in [0.15, 0.2) is 0 Å². The molecular formula is C31H30N4. The summed E-state index contributed by atoms with van der Waals surface area (Å²) in [6, 6.07) is 26.8. The molecule has 2 saturated heterocycles. The third-order valence-corrected chi connectivity index (χ3v) is 8.51. The maximum Gasteiger partial charge on any atom is 0.0697 e. The minimum Gasteiger partial charge on any atom is -0.314 e. The van der Waals surface area contributed by atoms with E-state index in [1.165, 1.54) is 76.9 Å². The van der Waals surface area contributed by atoms with E-state index in [0.717, 1.165) is 24.9 Å². The third-order valence-electron chi connectivity index (χ3n) is 8.51. The number of hydrogen-bond acceptors (Lipinski definition) is 2. The van der Waals surface area contributed by atoms with Crippen LogP contribution in [0.25, 0.3) is 33.2 Å². The summed E-state index contributed by atoms with van der Waals surface area (Å²) in [5.74, 6) is 1.54. The van der Waals surface area contributed by atoms with Crippen molar-refractivity contribution >= 4 is 21.8 Å². The van der Waals surface area contributed by atoms with Crippen molar-refractivity contribution in [2.75, 3.05) is 26.2 Å². The van der Waals surface area contributed by atoms with Gasteiger partial charge in [0.1, 0.15) is 0 Å². The molecule has 6 heterocycles. The first-order chi connectivity index (χ1) is 17.3. The summed E-state index contributed by atoms with van der Waals surface area (Å²) in [5, 5.41) is 2.76. The van der Waals surface area contributed by atoms with Gasteiger partial charge in [-0.05, 0) is 53.6 Å². The van der Waals surface area contributed by atoms with Crippen LogP contribution in [0.5, 0.6) is 0 Å². The normalized spacial score (nSPS) is 25.5. The molecule has 0 amide bonds. The molecule has 0 N–H and O–H groups in total. The molecule has 4 heteroatoms. The summed E-state index contributed by atoms with van der Waals surface area (Å²) >= 11 is 0. The Balaban J connectivity index is 1.42. The van der Waals surface area contributed by atoms with E-state index in [-0.39, 0.29) is 0 Å². The highest BCUT2D eigenvalue weighted by atomic mass is 15.2. The van der Waals surface area contributed by atoms with Crippen LogP contribution >= 0.6 is 0 Å². The molecule has 3 aromatic carbocycles. The highest BCUT2D eigenvalue weighted by Crippen LogP contribution is 2.36. The number of fused-ring (bicyclic) bond motifs is 2. The van der Waals surface area contributed by atoms with E-state index in [4.69, 9.17) is 0 Å². The molecular weight excluding hydrogens is 428 g/mol. The van der Waals surface area contributed by atoms with Gasteiger partial charge in [0.05, 0.1) is 22.4 Å². The molecule has 8 bridgehead atoms. The van der Waals surface area contributed by atoms with E-state index in [9.17, 15) is 0 Å². The summed E-state index contributed by atoms with van der Waals surface area (Å²) in [7, 11) is 0. The molecule has 0 unspecified atom stereocenters. The van der Waals surface area contributed by atoms with Crippen molar-refractivity contribution in [1.82, 2.24) is 18.9 Å². The van der Waals surface area contributed by atoms with Gasteiger partial charge in [-0.1, -0.05) is 48.5 Å². The number of nitrogens with zero attached hydrogens (tertiary/aromatic N) is 4. The topological polar surface area (TPSA) is 16.3 Å².